The maximum atomic E-state index is 13.0. The fourth-order valence-electron chi connectivity index (χ4n) is 2.65. The first-order valence-electron chi connectivity index (χ1n) is 8.87. The molecule has 2 N–H and O–H groups in total. The van der Waals surface area contributed by atoms with Gasteiger partial charge in [0.15, 0.2) is 0 Å². The van der Waals surface area contributed by atoms with Crippen LogP contribution in [0.4, 0.5) is 0 Å². The molecule has 0 aliphatic rings. The second-order valence-electron chi connectivity index (χ2n) is 6.66. The van der Waals surface area contributed by atoms with Crippen LogP contribution < -0.4 is 10.2 Å². The predicted molar refractivity (Wildman–Crippen MR) is 103 cm³/mol. The summed E-state index contributed by atoms with van der Waals surface area (Å²) in [6.07, 6.45) is 0.600. The molecule has 0 aromatic heterocycles. The number of rotatable bonds is 9. The SMILES string of the molecule is CCOc1ccc2cc(S(=O)(=O)N(CCC(C)C)CC(=O)NO)ccc2c1. The number of carbonyl (C=O) groups is 1. The van der Waals surface area contributed by atoms with Crippen LogP contribution in [0.2, 0.25) is 0 Å². The zero-order chi connectivity index (χ0) is 20.0. The largest absolute Gasteiger partial charge is 0.494 e. The van der Waals surface area contributed by atoms with Gasteiger partial charge in [-0.3, -0.25) is 10.0 Å². The molecule has 0 unspecified atom stereocenters. The molecule has 1 amide bonds. The minimum Gasteiger partial charge on any atom is -0.494 e. The maximum absolute atomic E-state index is 13.0. The van der Waals surface area contributed by atoms with E-state index in [0.717, 1.165) is 20.8 Å². The second-order valence-corrected chi connectivity index (χ2v) is 8.60. The van der Waals surface area contributed by atoms with Crippen LogP contribution in [0.15, 0.2) is 41.3 Å². The molecule has 2 rings (SSSR count). The zero-order valence-electron chi connectivity index (χ0n) is 15.8. The number of nitrogens with zero attached hydrogens (tertiary/aromatic N) is 1. The summed E-state index contributed by atoms with van der Waals surface area (Å²) < 4.78 is 32.7. The van der Waals surface area contributed by atoms with E-state index in [1.807, 2.05) is 26.8 Å². The van der Waals surface area contributed by atoms with Gasteiger partial charge < -0.3 is 4.74 Å². The maximum Gasteiger partial charge on any atom is 0.258 e. The van der Waals surface area contributed by atoms with Gasteiger partial charge in [0.2, 0.25) is 10.0 Å². The summed E-state index contributed by atoms with van der Waals surface area (Å²) in [5, 5.41) is 10.4. The number of carbonyl (C=O) groups excluding carboxylic acids is 1. The van der Waals surface area contributed by atoms with E-state index in [2.05, 4.69) is 0 Å². The fourth-order valence-corrected chi connectivity index (χ4v) is 4.10. The smallest absolute Gasteiger partial charge is 0.258 e. The summed E-state index contributed by atoms with van der Waals surface area (Å²) in [5.41, 5.74) is 1.50. The Morgan fingerprint density at radius 2 is 1.85 bits per heavy atom. The number of ether oxygens (including phenoxy) is 1. The molecule has 0 spiro atoms. The van der Waals surface area contributed by atoms with Crippen LogP contribution in [0.25, 0.3) is 10.8 Å². The molecule has 0 radical (unpaired) electrons. The number of hydrogen-bond acceptors (Lipinski definition) is 5. The summed E-state index contributed by atoms with van der Waals surface area (Å²) in [6.45, 7) is 6.15. The molecule has 0 aliphatic carbocycles. The number of amides is 1. The molecule has 0 atom stereocenters. The van der Waals surface area contributed by atoms with E-state index in [9.17, 15) is 13.2 Å². The minimum atomic E-state index is -3.88. The third kappa shape index (κ3) is 5.41. The zero-order valence-corrected chi connectivity index (χ0v) is 16.6. The van der Waals surface area contributed by atoms with E-state index in [0.29, 0.717) is 13.0 Å². The lowest BCUT2D eigenvalue weighted by molar-refractivity contribution is -0.129. The normalized spacial score (nSPS) is 11.9. The first-order valence-corrected chi connectivity index (χ1v) is 10.3. The van der Waals surface area contributed by atoms with Crippen molar-refractivity contribution < 1.29 is 23.2 Å². The number of hydroxylamine groups is 1. The standard InChI is InChI=1S/C19H26N2O5S/c1-4-26-17-7-5-16-12-18(8-6-15(16)11-17)27(24,25)21(10-9-14(2)3)13-19(22)20-23/h5-8,11-12,14,23H,4,9-10,13H2,1-3H3,(H,20,22). The molecular formula is C19H26N2O5S. The van der Waals surface area contributed by atoms with Crippen LogP contribution in [0.1, 0.15) is 27.2 Å². The summed E-state index contributed by atoms with van der Waals surface area (Å²) in [7, 11) is -3.88. The predicted octanol–water partition coefficient (Wildman–Crippen LogP) is 2.78. The van der Waals surface area contributed by atoms with Gasteiger partial charge in [-0.2, -0.15) is 4.31 Å². The molecule has 2 aromatic rings. The molecule has 148 valence electrons. The molecule has 8 heteroatoms. The van der Waals surface area contributed by atoms with Gasteiger partial charge in [0, 0.05) is 6.54 Å². The van der Waals surface area contributed by atoms with Gasteiger partial charge in [0.25, 0.3) is 5.91 Å². The van der Waals surface area contributed by atoms with Gasteiger partial charge >= 0.3 is 0 Å². The Hall–Kier alpha value is -2.16. The van der Waals surface area contributed by atoms with Gasteiger partial charge in [0.1, 0.15) is 5.75 Å². The van der Waals surface area contributed by atoms with Crippen molar-refractivity contribution in [2.24, 2.45) is 5.92 Å². The van der Waals surface area contributed by atoms with E-state index in [4.69, 9.17) is 9.94 Å². The second kappa shape index (κ2) is 9.16. The van der Waals surface area contributed by atoms with Crippen LogP contribution in [-0.2, 0) is 14.8 Å². The molecule has 0 aliphatic heterocycles. The Bertz CT molecular complexity index is 896. The number of sulfonamides is 1. The Morgan fingerprint density at radius 1 is 1.19 bits per heavy atom. The van der Waals surface area contributed by atoms with Crippen LogP contribution >= 0.6 is 0 Å². The van der Waals surface area contributed by atoms with E-state index in [1.165, 1.54) is 11.5 Å². The quantitative estimate of drug-likeness (QED) is 0.504. The monoisotopic (exact) mass is 394 g/mol. The van der Waals surface area contributed by atoms with Crippen LogP contribution in [-0.4, -0.2) is 43.5 Å². The van der Waals surface area contributed by atoms with Crippen molar-refractivity contribution in [3.8, 4) is 5.75 Å². The molecule has 0 heterocycles. The summed E-state index contributed by atoms with van der Waals surface area (Å²) >= 11 is 0. The highest BCUT2D eigenvalue weighted by molar-refractivity contribution is 7.89. The molecule has 0 saturated carbocycles. The van der Waals surface area contributed by atoms with Gasteiger partial charge in [0.05, 0.1) is 18.0 Å². The Labute approximate surface area is 159 Å². The average molecular weight is 394 g/mol. The van der Waals surface area contributed by atoms with Crippen molar-refractivity contribution >= 4 is 26.7 Å². The van der Waals surface area contributed by atoms with E-state index in [-0.39, 0.29) is 17.4 Å². The molecule has 0 fully saturated rings. The van der Waals surface area contributed by atoms with E-state index in [1.54, 1.807) is 24.3 Å². The van der Waals surface area contributed by atoms with Gasteiger partial charge in [-0.1, -0.05) is 26.0 Å². The van der Waals surface area contributed by atoms with E-state index >= 15 is 0 Å². The number of benzene rings is 2. The minimum absolute atomic E-state index is 0.105. The molecule has 0 saturated heterocycles. The van der Waals surface area contributed by atoms with Crippen molar-refractivity contribution in [3.05, 3.63) is 36.4 Å². The summed E-state index contributed by atoms with van der Waals surface area (Å²) in [5.74, 6) is 0.219. The van der Waals surface area contributed by atoms with Crippen LogP contribution in [0.5, 0.6) is 5.75 Å². The highest BCUT2D eigenvalue weighted by atomic mass is 32.2. The first-order chi connectivity index (χ1) is 12.8. The Kier molecular flexibility index (Phi) is 7.18. The third-order valence-electron chi connectivity index (χ3n) is 4.13. The first kappa shape index (κ1) is 21.1. The topological polar surface area (TPSA) is 95.9 Å². The fraction of sp³-hybridized carbons (Fsp3) is 0.421. The lowest BCUT2D eigenvalue weighted by atomic mass is 10.1. The molecule has 7 nitrogen and oxygen atoms in total. The lowest BCUT2D eigenvalue weighted by Crippen LogP contribution is -2.40. The molecule has 27 heavy (non-hydrogen) atoms. The molecular weight excluding hydrogens is 368 g/mol. The molecule has 2 aromatic carbocycles. The van der Waals surface area contributed by atoms with Crippen molar-refractivity contribution in [1.29, 1.82) is 0 Å². The van der Waals surface area contributed by atoms with Crippen LogP contribution in [0.3, 0.4) is 0 Å². The molecule has 0 bridgehead atoms. The number of nitrogens with one attached hydrogen (secondary N) is 1. The van der Waals surface area contributed by atoms with Crippen LogP contribution in [0, 0.1) is 5.92 Å². The summed E-state index contributed by atoms with van der Waals surface area (Å²) in [6, 6.07) is 10.3. The average Bonchev–Trinajstić information content (AvgIpc) is 2.64. The number of hydrogen-bond donors (Lipinski definition) is 2. The Morgan fingerprint density at radius 3 is 2.48 bits per heavy atom. The van der Waals surface area contributed by atoms with Gasteiger partial charge in [-0.05, 0) is 54.3 Å². The van der Waals surface area contributed by atoms with Crippen molar-refractivity contribution in [3.63, 3.8) is 0 Å². The highest BCUT2D eigenvalue weighted by Gasteiger charge is 2.26. The van der Waals surface area contributed by atoms with Gasteiger partial charge in [-0.15, -0.1) is 0 Å². The summed E-state index contributed by atoms with van der Waals surface area (Å²) in [4.78, 5) is 11.7. The Balaban J connectivity index is 2.37. The van der Waals surface area contributed by atoms with Crippen molar-refractivity contribution in [2.75, 3.05) is 19.7 Å². The lowest BCUT2D eigenvalue weighted by Gasteiger charge is -2.22. The third-order valence-corrected chi connectivity index (χ3v) is 5.97. The van der Waals surface area contributed by atoms with Crippen molar-refractivity contribution in [2.45, 2.75) is 32.1 Å². The highest BCUT2D eigenvalue weighted by Crippen LogP contribution is 2.25. The van der Waals surface area contributed by atoms with Crippen molar-refractivity contribution in [1.82, 2.24) is 9.79 Å². The number of fused-ring (bicyclic) bond motifs is 1. The van der Waals surface area contributed by atoms with Gasteiger partial charge in [-0.25, -0.2) is 13.9 Å². The van der Waals surface area contributed by atoms with E-state index < -0.39 is 22.5 Å².